The zero-order valence-corrected chi connectivity index (χ0v) is 11.7. The van der Waals surface area contributed by atoms with Crippen molar-refractivity contribution in [3.05, 3.63) is 35.1 Å². The van der Waals surface area contributed by atoms with E-state index in [9.17, 15) is 9.18 Å². The molecule has 1 aliphatic carbocycles. The van der Waals surface area contributed by atoms with Crippen LogP contribution in [0.2, 0.25) is 0 Å². The van der Waals surface area contributed by atoms with Crippen LogP contribution in [0.4, 0.5) is 4.39 Å². The predicted molar refractivity (Wildman–Crippen MR) is 73.4 cm³/mol. The van der Waals surface area contributed by atoms with E-state index in [4.69, 9.17) is 0 Å². The Morgan fingerprint density at radius 2 is 2.16 bits per heavy atom. The summed E-state index contributed by atoms with van der Waals surface area (Å²) in [4.78, 5) is 11.7. The summed E-state index contributed by atoms with van der Waals surface area (Å²) in [7, 11) is 0. The van der Waals surface area contributed by atoms with Crippen molar-refractivity contribution < 1.29 is 9.18 Å². The second-order valence-corrected chi connectivity index (χ2v) is 6.08. The first-order chi connectivity index (χ1) is 8.87. The maximum atomic E-state index is 13.6. The number of rotatable bonds is 3. The minimum atomic E-state index is -0.224. The number of benzene rings is 1. The molecule has 0 saturated heterocycles. The standard InChI is InChI=1S/C15H21FN2O/c1-15(2,3)18-14(19)9-17-13-8-7-10-11(13)5-4-6-12(10)16/h4-6,13,17H,7-9H2,1-3H3,(H,18,19). The third kappa shape index (κ3) is 3.53. The van der Waals surface area contributed by atoms with Crippen LogP contribution in [0.1, 0.15) is 44.4 Å². The molecule has 0 heterocycles. The van der Waals surface area contributed by atoms with Gasteiger partial charge in [-0.1, -0.05) is 12.1 Å². The van der Waals surface area contributed by atoms with Crippen LogP contribution < -0.4 is 10.6 Å². The number of hydrogen-bond acceptors (Lipinski definition) is 2. The van der Waals surface area contributed by atoms with E-state index in [1.54, 1.807) is 6.07 Å². The third-order valence-corrected chi connectivity index (χ3v) is 3.24. The molecular formula is C15H21FN2O. The Morgan fingerprint density at radius 3 is 2.84 bits per heavy atom. The summed E-state index contributed by atoms with van der Waals surface area (Å²) in [6.45, 7) is 6.11. The second-order valence-electron chi connectivity index (χ2n) is 6.08. The van der Waals surface area contributed by atoms with Gasteiger partial charge in [0.1, 0.15) is 5.82 Å². The number of halogens is 1. The van der Waals surface area contributed by atoms with E-state index in [0.29, 0.717) is 0 Å². The van der Waals surface area contributed by atoms with Gasteiger partial charge in [0.05, 0.1) is 6.54 Å². The molecule has 0 saturated carbocycles. The highest BCUT2D eigenvalue weighted by atomic mass is 19.1. The second kappa shape index (κ2) is 5.29. The number of hydrogen-bond donors (Lipinski definition) is 2. The Labute approximate surface area is 113 Å². The van der Waals surface area contributed by atoms with E-state index in [0.717, 1.165) is 24.0 Å². The molecule has 0 spiro atoms. The molecule has 1 aromatic rings. The summed E-state index contributed by atoms with van der Waals surface area (Å²) in [6, 6.07) is 5.23. The van der Waals surface area contributed by atoms with Crippen LogP contribution in [0.3, 0.4) is 0 Å². The van der Waals surface area contributed by atoms with E-state index in [-0.39, 0.29) is 29.8 Å². The van der Waals surface area contributed by atoms with Gasteiger partial charge in [-0.15, -0.1) is 0 Å². The van der Waals surface area contributed by atoms with Crippen molar-refractivity contribution >= 4 is 5.91 Å². The Balaban J connectivity index is 1.93. The number of amides is 1. The molecule has 1 aliphatic rings. The average Bonchev–Trinajstić information content (AvgIpc) is 2.69. The van der Waals surface area contributed by atoms with Crippen molar-refractivity contribution in [3.63, 3.8) is 0 Å². The van der Waals surface area contributed by atoms with Gasteiger partial charge in [-0.3, -0.25) is 4.79 Å². The predicted octanol–water partition coefficient (Wildman–Crippen LogP) is 2.32. The van der Waals surface area contributed by atoms with E-state index in [1.165, 1.54) is 6.07 Å². The average molecular weight is 264 g/mol. The fourth-order valence-electron chi connectivity index (χ4n) is 2.50. The fourth-order valence-corrected chi connectivity index (χ4v) is 2.50. The molecule has 1 aromatic carbocycles. The zero-order valence-electron chi connectivity index (χ0n) is 11.7. The van der Waals surface area contributed by atoms with Gasteiger partial charge >= 0.3 is 0 Å². The summed E-state index contributed by atoms with van der Waals surface area (Å²) in [6.07, 6.45) is 1.58. The van der Waals surface area contributed by atoms with Crippen LogP contribution in [-0.2, 0) is 11.2 Å². The lowest BCUT2D eigenvalue weighted by Gasteiger charge is -2.21. The lowest BCUT2D eigenvalue weighted by molar-refractivity contribution is -0.121. The number of carbonyl (C=O) groups is 1. The first kappa shape index (κ1) is 14.0. The molecule has 19 heavy (non-hydrogen) atoms. The molecule has 0 aliphatic heterocycles. The van der Waals surface area contributed by atoms with Gasteiger partial charge in [0.25, 0.3) is 0 Å². The van der Waals surface area contributed by atoms with Gasteiger partial charge in [-0.05, 0) is 50.8 Å². The summed E-state index contributed by atoms with van der Waals surface area (Å²) >= 11 is 0. The van der Waals surface area contributed by atoms with E-state index in [1.807, 2.05) is 26.8 Å². The van der Waals surface area contributed by atoms with Crippen LogP contribution >= 0.6 is 0 Å². The van der Waals surface area contributed by atoms with E-state index >= 15 is 0 Å². The Bertz CT molecular complexity index is 480. The van der Waals surface area contributed by atoms with Crippen LogP contribution in [0, 0.1) is 5.82 Å². The minimum Gasteiger partial charge on any atom is -0.350 e. The van der Waals surface area contributed by atoms with Crippen LogP contribution in [0.5, 0.6) is 0 Å². The molecule has 0 aromatic heterocycles. The van der Waals surface area contributed by atoms with Crippen LogP contribution in [0.25, 0.3) is 0 Å². The maximum Gasteiger partial charge on any atom is 0.234 e. The largest absolute Gasteiger partial charge is 0.350 e. The minimum absolute atomic E-state index is 0.0302. The molecule has 3 nitrogen and oxygen atoms in total. The quantitative estimate of drug-likeness (QED) is 0.879. The highest BCUT2D eigenvalue weighted by Gasteiger charge is 2.25. The molecule has 1 amide bonds. The van der Waals surface area contributed by atoms with Crippen molar-refractivity contribution in [2.75, 3.05) is 6.54 Å². The molecule has 0 bridgehead atoms. The van der Waals surface area contributed by atoms with Crippen molar-refractivity contribution in [2.24, 2.45) is 0 Å². The maximum absolute atomic E-state index is 13.6. The van der Waals surface area contributed by atoms with E-state index in [2.05, 4.69) is 10.6 Å². The smallest absolute Gasteiger partial charge is 0.234 e. The monoisotopic (exact) mass is 264 g/mol. The van der Waals surface area contributed by atoms with Gasteiger partial charge in [-0.25, -0.2) is 4.39 Å². The van der Waals surface area contributed by atoms with E-state index < -0.39 is 0 Å². The Kier molecular flexibility index (Phi) is 3.90. The summed E-state index contributed by atoms with van der Waals surface area (Å²) in [5.74, 6) is -0.168. The highest BCUT2D eigenvalue weighted by molar-refractivity contribution is 5.78. The van der Waals surface area contributed by atoms with Gasteiger partial charge < -0.3 is 10.6 Å². The molecule has 0 fully saturated rings. The van der Waals surface area contributed by atoms with Crippen molar-refractivity contribution in [1.29, 1.82) is 0 Å². The lowest BCUT2D eigenvalue weighted by atomic mass is 10.1. The van der Waals surface area contributed by atoms with Gasteiger partial charge in [0, 0.05) is 11.6 Å². The SMILES string of the molecule is CC(C)(C)NC(=O)CNC1CCc2c(F)cccc21. The number of nitrogens with one attached hydrogen (secondary N) is 2. The number of fused-ring (bicyclic) bond motifs is 1. The molecular weight excluding hydrogens is 243 g/mol. The summed E-state index contributed by atoms with van der Waals surface area (Å²) < 4.78 is 13.6. The van der Waals surface area contributed by atoms with Gasteiger partial charge in [0.2, 0.25) is 5.91 Å². The lowest BCUT2D eigenvalue weighted by Crippen LogP contribution is -2.45. The topological polar surface area (TPSA) is 41.1 Å². The first-order valence-corrected chi connectivity index (χ1v) is 6.68. The normalized spacial score (nSPS) is 18.2. The highest BCUT2D eigenvalue weighted by Crippen LogP contribution is 2.32. The first-order valence-electron chi connectivity index (χ1n) is 6.68. The zero-order chi connectivity index (χ0) is 14.0. The third-order valence-electron chi connectivity index (χ3n) is 3.24. The molecule has 2 N–H and O–H groups in total. The molecule has 104 valence electrons. The molecule has 2 rings (SSSR count). The van der Waals surface area contributed by atoms with Gasteiger partial charge in [0.15, 0.2) is 0 Å². The molecule has 1 unspecified atom stereocenters. The van der Waals surface area contributed by atoms with Crippen molar-refractivity contribution in [3.8, 4) is 0 Å². The fraction of sp³-hybridized carbons (Fsp3) is 0.533. The summed E-state index contributed by atoms with van der Waals surface area (Å²) in [5.41, 5.74) is 1.55. The van der Waals surface area contributed by atoms with Crippen LogP contribution in [-0.4, -0.2) is 18.0 Å². The van der Waals surface area contributed by atoms with Crippen LogP contribution in [0.15, 0.2) is 18.2 Å². The van der Waals surface area contributed by atoms with Crippen molar-refractivity contribution in [2.45, 2.75) is 45.2 Å². The number of carbonyl (C=O) groups excluding carboxylic acids is 1. The Hall–Kier alpha value is -1.42. The molecule has 1 atom stereocenters. The molecule has 0 radical (unpaired) electrons. The summed E-state index contributed by atoms with van der Waals surface area (Å²) in [5, 5.41) is 6.11. The Morgan fingerprint density at radius 1 is 1.42 bits per heavy atom. The molecule has 4 heteroatoms. The van der Waals surface area contributed by atoms with Crippen molar-refractivity contribution in [1.82, 2.24) is 10.6 Å². The van der Waals surface area contributed by atoms with Gasteiger partial charge in [-0.2, -0.15) is 0 Å².